The maximum atomic E-state index is 13.7. The zero-order valence-electron chi connectivity index (χ0n) is 17.2. The molecule has 4 rings (SSSR count). The Bertz CT molecular complexity index is 900. The summed E-state index contributed by atoms with van der Waals surface area (Å²) >= 11 is 0. The van der Waals surface area contributed by atoms with Gasteiger partial charge in [-0.3, -0.25) is 9.59 Å². The molecular formula is C23H27FN2O4. The Kier molecular flexibility index (Phi) is 7.05. The predicted octanol–water partition coefficient (Wildman–Crippen LogP) is 2.80. The van der Waals surface area contributed by atoms with Gasteiger partial charge in [0, 0.05) is 30.8 Å². The normalized spacial score (nSPS) is 19.1. The topological polar surface area (TPSA) is 87.7 Å². The molecule has 0 saturated heterocycles. The molecule has 2 aliphatic rings. The number of aliphatic hydroxyl groups is 1. The van der Waals surface area contributed by atoms with E-state index in [0.29, 0.717) is 16.9 Å². The van der Waals surface area contributed by atoms with Crippen molar-refractivity contribution in [1.82, 2.24) is 10.6 Å². The summed E-state index contributed by atoms with van der Waals surface area (Å²) in [6.07, 6.45) is 1.21. The first-order valence-corrected chi connectivity index (χ1v) is 10.1. The van der Waals surface area contributed by atoms with E-state index in [1.165, 1.54) is 13.1 Å². The SMILES string of the molecule is CCO.CNC(=O)c1cc(C(=O)NC2CC2)cc2c1O[C@@H](CF)C2c1ccccc1. The van der Waals surface area contributed by atoms with Gasteiger partial charge in [0.2, 0.25) is 0 Å². The number of fused-ring (bicyclic) bond motifs is 1. The van der Waals surface area contributed by atoms with Crippen molar-refractivity contribution < 1.29 is 23.8 Å². The number of hydrogen-bond acceptors (Lipinski definition) is 4. The van der Waals surface area contributed by atoms with Gasteiger partial charge < -0.3 is 20.5 Å². The predicted molar refractivity (Wildman–Crippen MR) is 112 cm³/mol. The highest BCUT2D eigenvalue weighted by Crippen LogP contribution is 2.45. The molecule has 30 heavy (non-hydrogen) atoms. The van der Waals surface area contributed by atoms with Crippen LogP contribution in [0.5, 0.6) is 5.75 Å². The van der Waals surface area contributed by atoms with Crippen LogP contribution in [0.4, 0.5) is 4.39 Å². The van der Waals surface area contributed by atoms with Crippen molar-refractivity contribution in [3.05, 3.63) is 64.7 Å². The first kappa shape index (κ1) is 21.8. The molecule has 1 heterocycles. The summed E-state index contributed by atoms with van der Waals surface area (Å²) in [5, 5.41) is 13.1. The van der Waals surface area contributed by atoms with Gasteiger partial charge in [-0.05, 0) is 37.5 Å². The van der Waals surface area contributed by atoms with Crippen molar-refractivity contribution in [2.75, 3.05) is 20.3 Å². The van der Waals surface area contributed by atoms with Gasteiger partial charge >= 0.3 is 0 Å². The second-order valence-electron chi connectivity index (χ2n) is 7.28. The summed E-state index contributed by atoms with van der Waals surface area (Å²) in [7, 11) is 1.52. The zero-order chi connectivity index (χ0) is 21.7. The van der Waals surface area contributed by atoms with Crippen molar-refractivity contribution in [3.8, 4) is 5.75 Å². The third-order valence-electron chi connectivity index (χ3n) is 5.05. The summed E-state index contributed by atoms with van der Waals surface area (Å²) in [4.78, 5) is 25.0. The Hall–Kier alpha value is -2.93. The molecule has 2 aromatic carbocycles. The van der Waals surface area contributed by atoms with E-state index in [4.69, 9.17) is 9.84 Å². The molecule has 1 aliphatic carbocycles. The maximum Gasteiger partial charge on any atom is 0.254 e. The standard InChI is InChI=1S/C21H21FN2O3.C2H6O/c1-23-21(26)16-10-13(20(25)24-14-7-8-14)9-15-18(12-5-3-2-4-6-12)17(11-22)27-19(15)16;1-2-3/h2-6,9-10,14,17-18H,7-8,11H2,1H3,(H,23,26)(H,24,25);3H,2H2,1H3/t17-,18?;/m0./s1. The molecule has 160 valence electrons. The van der Waals surface area contributed by atoms with Crippen LogP contribution in [0.25, 0.3) is 0 Å². The molecule has 0 bridgehead atoms. The van der Waals surface area contributed by atoms with E-state index < -0.39 is 12.8 Å². The lowest BCUT2D eigenvalue weighted by molar-refractivity contribution is 0.0951. The first-order chi connectivity index (χ1) is 14.5. The number of carbonyl (C=O) groups is 2. The lowest BCUT2D eigenvalue weighted by Gasteiger charge is -2.16. The quantitative estimate of drug-likeness (QED) is 0.702. The minimum Gasteiger partial charge on any atom is -0.486 e. The monoisotopic (exact) mass is 414 g/mol. The van der Waals surface area contributed by atoms with Gasteiger partial charge in [0.15, 0.2) is 0 Å². The Morgan fingerprint density at radius 2 is 1.83 bits per heavy atom. The Morgan fingerprint density at radius 3 is 2.40 bits per heavy atom. The average Bonchev–Trinajstić information content (AvgIpc) is 3.50. The van der Waals surface area contributed by atoms with Gasteiger partial charge in [0.05, 0.1) is 11.5 Å². The molecule has 0 spiro atoms. The summed E-state index contributed by atoms with van der Waals surface area (Å²) < 4.78 is 19.6. The average molecular weight is 414 g/mol. The van der Waals surface area contributed by atoms with Crippen LogP contribution >= 0.6 is 0 Å². The fourth-order valence-electron chi connectivity index (χ4n) is 3.54. The molecular weight excluding hydrogens is 387 g/mol. The van der Waals surface area contributed by atoms with Gasteiger partial charge in [-0.1, -0.05) is 30.3 Å². The molecule has 0 aromatic heterocycles. The lowest BCUT2D eigenvalue weighted by atomic mass is 9.86. The number of hydrogen-bond donors (Lipinski definition) is 3. The molecule has 6 nitrogen and oxygen atoms in total. The Balaban J connectivity index is 0.000000806. The lowest BCUT2D eigenvalue weighted by Crippen LogP contribution is -2.26. The fraction of sp³-hybridized carbons (Fsp3) is 0.391. The van der Waals surface area contributed by atoms with Crippen LogP contribution in [0.15, 0.2) is 42.5 Å². The molecule has 1 unspecified atom stereocenters. The number of halogens is 1. The molecule has 2 aromatic rings. The molecule has 0 radical (unpaired) electrons. The second kappa shape index (κ2) is 9.71. The van der Waals surface area contributed by atoms with Crippen LogP contribution in [-0.2, 0) is 0 Å². The minimum absolute atomic E-state index is 0.203. The molecule has 1 saturated carbocycles. The van der Waals surface area contributed by atoms with Crippen molar-refractivity contribution in [2.24, 2.45) is 0 Å². The van der Waals surface area contributed by atoms with E-state index in [1.54, 1.807) is 13.0 Å². The highest BCUT2D eigenvalue weighted by atomic mass is 19.1. The number of rotatable bonds is 5. The van der Waals surface area contributed by atoms with E-state index in [1.807, 2.05) is 30.3 Å². The summed E-state index contributed by atoms with van der Waals surface area (Å²) in [5.41, 5.74) is 2.21. The molecule has 3 N–H and O–H groups in total. The number of benzene rings is 2. The summed E-state index contributed by atoms with van der Waals surface area (Å²) in [6, 6.07) is 12.9. The number of nitrogens with one attached hydrogen (secondary N) is 2. The third kappa shape index (κ3) is 4.62. The minimum atomic E-state index is -0.729. The number of aliphatic hydroxyl groups excluding tert-OH is 1. The molecule has 7 heteroatoms. The highest BCUT2D eigenvalue weighted by Gasteiger charge is 2.39. The second-order valence-corrected chi connectivity index (χ2v) is 7.28. The Morgan fingerprint density at radius 1 is 1.17 bits per heavy atom. The number of alkyl halides is 1. The van der Waals surface area contributed by atoms with E-state index in [0.717, 1.165) is 18.4 Å². The van der Waals surface area contributed by atoms with Crippen molar-refractivity contribution in [3.63, 3.8) is 0 Å². The van der Waals surface area contributed by atoms with Gasteiger partial charge in [0.1, 0.15) is 18.5 Å². The van der Waals surface area contributed by atoms with Crippen LogP contribution in [0.1, 0.15) is 57.5 Å². The number of amides is 2. The van der Waals surface area contributed by atoms with Gasteiger partial charge in [-0.15, -0.1) is 0 Å². The van der Waals surface area contributed by atoms with E-state index in [2.05, 4.69) is 10.6 Å². The van der Waals surface area contributed by atoms with E-state index >= 15 is 0 Å². The van der Waals surface area contributed by atoms with E-state index in [9.17, 15) is 14.0 Å². The van der Waals surface area contributed by atoms with Crippen molar-refractivity contribution in [1.29, 1.82) is 0 Å². The molecule has 2 amide bonds. The maximum absolute atomic E-state index is 13.7. The van der Waals surface area contributed by atoms with Crippen LogP contribution in [0.3, 0.4) is 0 Å². The number of ether oxygens (including phenoxy) is 1. The first-order valence-electron chi connectivity index (χ1n) is 10.1. The molecule has 2 atom stereocenters. The highest BCUT2D eigenvalue weighted by molar-refractivity contribution is 6.02. The Labute approximate surface area is 175 Å². The molecule has 1 fully saturated rings. The van der Waals surface area contributed by atoms with E-state index in [-0.39, 0.29) is 35.9 Å². The smallest absolute Gasteiger partial charge is 0.254 e. The summed E-state index contributed by atoms with van der Waals surface area (Å²) in [6.45, 7) is 1.24. The van der Waals surface area contributed by atoms with Crippen LogP contribution in [0, 0.1) is 0 Å². The third-order valence-corrected chi connectivity index (χ3v) is 5.05. The fourth-order valence-corrected chi connectivity index (χ4v) is 3.54. The zero-order valence-corrected chi connectivity index (χ0v) is 17.2. The van der Waals surface area contributed by atoms with Crippen LogP contribution in [0.2, 0.25) is 0 Å². The van der Waals surface area contributed by atoms with Crippen LogP contribution < -0.4 is 15.4 Å². The van der Waals surface area contributed by atoms with Crippen molar-refractivity contribution >= 4 is 11.8 Å². The largest absolute Gasteiger partial charge is 0.486 e. The van der Waals surface area contributed by atoms with Gasteiger partial charge in [0.25, 0.3) is 11.8 Å². The van der Waals surface area contributed by atoms with Gasteiger partial charge in [-0.2, -0.15) is 0 Å². The van der Waals surface area contributed by atoms with Crippen LogP contribution in [-0.4, -0.2) is 49.4 Å². The van der Waals surface area contributed by atoms with Gasteiger partial charge in [-0.25, -0.2) is 4.39 Å². The van der Waals surface area contributed by atoms with Crippen molar-refractivity contribution in [2.45, 2.75) is 37.8 Å². The number of carbonyl (C=O) groups excluding carboxylic acids is 2. The molecule has 1 aliphatic heterocycles. The summed E-state index contributed by atoms with van der Waals surface area (Å²) in [5.74, 6) is -0.600.